The molecular formula is C10H11ClN4O2S. The summed E-state index contributed by atoms with van der Waals surface area (Å²) < 4.78 is 22.2. The molecule has 2 heterocycles. The monoisotopic (exact) mass is 286 g/mol. The van der Waals surface area contributed by atoms with E-state index in [2.05, 4.69) is 4.98 Å². The van der Waals surface area contributed by atoms with Crippen molar-refractivity contribution in [1.82, 2.24) is 4.98 Å². The van der Waals surface area contributed by atoms with Crippen LogP contribution in [0.3, 0.4) is 0 Å². The minimum atomic E-state index is -3.52. The Balaban J connectivity index is 2.29. The van der Waals surface area contributed by atoms with Crippen LogP contribution in [0.1, 0.15) is 11.1 Å². The lowest BCUT2D eigenvalue weighted by molar-refractivity contribution is 0.540. The third-order valence-electron chi connectivity index (χ3n) is 2.98. The van der Waals surface area contributed by atoms with Crippen molar-refractivity contribution in [2.75, 3.05) is 18.0 Å². The average Bonchev–Trinajstić information content (AvgIpc) is 2.19. The fourth-order valence-corrected chi connectivity index (χ4v) is 2.68. The zero-order chi connectivity index (χ0) is 13.5. The van der Waals surface area contributed by atoms with Crippen LogP contribution in [0.5, 0.6) is 0 Å². The molecule has 1 aliphatic rings. The van der Waals surface area contributed by atoms with Gasteiger partial charge in [0.1, 0.15) is 17.1 Å². The van der Waals surface area contributed by atoms with Crippen molar-refractivity contribution in [3.8, 4) is 6.07 Å². The van der Waals surface area contributed by atoms with Crippen LogP contribution in [-0.2, 0) is 10.0 Å². The maximum atomic E-state index is 11.1. The van der Waals surface area contributed by atoms with Crippen molar-refractivity contribution in [2.45, 2.75) is 12.2 Å². The molecule has 0 aliphatic carbocycles. The maximum Gasteiger partial charge on any atom is 0.215 e. The molecule has 1 aromatic heterocycles. The van der Waals surface area contributed by atoms with E-state index >= 15 is 0 Å². The van der Waals surface area contributed by atoms with E-state index in [9.17, 15) is 8.42 Å². The standard InChI is InChI=1S/C10H11ClN4O2S/c1-6-8(2-12)10(14-3-9(6)11)15-4-7(5-15)18(13,16)17/h3,7H,4-5H2,1H3,(H2,13,16,17). The second kappa shape index (κ2) is 4.39. The Kier molecular flexibility index (Phi) is 3.19. The van der Waals surface area contributed by atoms with Gasteiger partial charge in [-0.15, -0.1) is 0 Å². The normalized spacial score (nSPS) is 16.2. The van der Waals surface area contributed by atoms with Crippen LogP contribution in [0.25, 0.3) is 0 Å². The Hall–Kier alpha value is -1.36. The molecule has 0 atom stereocenters. The number of hydrogen-bond acceptors (Lipinski definition) is 5. The molecule has 0 radical (unpaired) electrons. The molecule has 1 fully saturated rings. The second-order valence-corrected chi connectivity index (χ2v) is 6.41. The summed E-state index contributed by atoms with van der Waals surface area (Å²) in [7, 11) is -3.52. The molecule has 0 unspecified atom stereocenters. The molecule has 0 saturated carbocycles. The van der Waals surface area contributed by atoms with E-state index in [4.69, 9.17) is 22.0 Å². The van der Waals surface area contributed by atoms with Gasteiger partial charge in [-0.05, 0) is 12.5 Å². The summed E-state index contributed by atoms with van der Waals surface area (Å²) in [4.78, 5) is 5.79. The van der Waals surface area contributed by atoms with Gasteiger partial charge < -0.3 is 4.90 Å². The average molecular weight is 287 g/mol. The molecule has 0 spiro atoms. The summed E-state index contributed by atoms with van der Waals surface area (Å²) >= 11 is 5.88. The third kappa shape index (κ3) is 2.14. The number of pyridine rings is 1. The first-order valence-corrected chi connectivity index (χ1v) is 7.15. The highest BCUT2D eigenvalue weighted by molar-refractivity contribution is 7.89. The van der Waals surface area contributed by atoms with Gasteiger partial charge in [0, 0.05) is 19.3 Å². The summed E-state index contributed by atoms with van der Waals surface area (Å²) in [5.41, 5.74) is 1.01. The van der Waals surface area contributed by atoms with Crippen LogP contribution >= 0.6 is 11.6 Å². The molecule has 2 N–H and O–H groups in total. The van der Waals surface area contributed by atoms with Gasteiger partial charge in [0.15, 0.2) is 0 Å². The molecule has 0 aromatic carbocycles. The zero-order valence-electron chi connectivity index (χ0n) is 9.59. The van der Waals surface area contributed by atoms with Gasteiger partial charge in [-0.25, -0.2) is 18.5 Å². The number of primary sulfonamides is 1. The lowest BCUT2D eigenvalue weighted by atomic mass is 10.1. The van der Waals surface area contributed by atoms with Gasteiger partial charge in [0.25, 0.3) is 0 Å². The molecule has 18 heavy (non-hydrogen) atoms. The number of nitriles is 1. The number of nitrogens with two attached hydrogens (primary N) is 1. The first kappa shape index (κ1) is 13.1. The number of nitrogens with zero attached hydrogens (tertiary/aromatic N) is 3. The Bertz CT molecular complexity index is 632. The van der Waals surface area contributed by atoms with Crippen LogP contribution in [0.4, 0.5) is 5.82 Å². The fourth-order valence-electron chi connectivity index (χ4n) is 1.76. The number of aromatic nitrogens is 1. The summed E-state index contributed by atoms with van der Waals surface area (Å²) in [6, 6.07) is 2.04. The van der Waals surface area contributed by atoms with Crippen molar-refractivity contribution in [2.24, 2.45) is 5.14 Å². The lowest BCUT2D eigenvalue weighted by Gasteiger charge is -2.39. The van der Waals surface area contributed by atoms with Crippen LogP contribution in [0, 0.1) is 18.3 Å². The Morgan fingerprint density at radius 1 is 1.61 bits per heavy atom. The summed E-state index contributed by atoms with van der Waals surface area (Å²) in [5, 5.41) is 14.0. The number of hydrogen-bond donors (Lipinski definition) is 1. The Morgan fingerprint density at radius 3 is 2.72 bits per heavy atom. The van der Waals surface area contributed by atoms with E-state index in [0.29, 0.717) is 22.0 Å². The maximum absolute atomic E-state index is 11.1. The lowest BCUT2D eigenvalue weighted by Crippen LogP contribution is -2.57. The van der Waals surface area contributed by atoms with Gasteiger partial charge in [-0.2, -0.15) is 5.26 Å². The molecule has 8 heteroatoms. The summed E-state index contributed by atoms with van der Waals surface area (Å²) in [6.07, 6.45) is 1.46. The predicted molar refractivity (Wildman–Crippen MR) is 67.8 cm³/mol. The number of halogens is 1. The molecule has 1 saturated heterocycles. The largest absolute Gasteiger partial charge is 0.353 e. The molecular weight excluding hydrogens is 276 g/mol. The molecule has 0 amide bonds. The van der Waals surface area contributed by atoms with Gasteiger partial charge in [-0.1, -0.05) is 11.6 Å². The van der Waals surface area contributed by atoms with Crippen LogP contribution < -0.4 is 10.0 Å². The SMILES string of the molecule is Cc1c(Cl)cnc(N2CC(S(N)(=O)=O)C2)c1C#N. The van der Waals surface area contributed by atoms with Crippen molar-refractivity contribution in [3.05, 3.63) is 22.3 Å². The quantitative estimate of drug-likeness (QED) is 0.848. The van der Waals surface area contributed by atoms with E-state index in [-0.39, 0.29) is 13.1 Å². The molecule has 0 bridgehead atoms. The summed E-state index contributed by atoms with van der Waals surface area (Å²) in [6.45, 7) is 2.23. The highest BCUT2D eigenvalue weighted by Crippen LogP contribution is 2.29. The van der Waals surface area contributed by atoms with Gasteiger partial charge in [0.2, 0.25) is 10.0 Å². The topological polar surface area (TPSA) is 100 Å². The first-order valence-electron chi connectivity index (χ1n) is 5.16. The molecule has 6 nitrogen and oxygen atoms in total. The first-order chi connectivity index (χ1) is 8.34. The van der Waals surface area contributed by atoms with Gasteiger partial charge >= 0.3 is 0 Å². The smallest absolute Gasteiger partial charge is 0.215 e. The van der Waals surface area contributed by atoms with E-state index in [0.717, 1.165) is 0 Å². The van der Waals surface area contributed by atoms with Crippen LogP contribution in [0.15, 0.2) is 6.20 Å². The van der Waals surface area contributed by atoms with Gasteiger partial charge in [-0.3, -0.25) is 0 Å². The number of rotatable bonds is 2. The molecule has 96 valence electrons. The minimum absolute atomic E-state index is 0.252. The highest BCUT2D eigenvalue weighted by Gasteiger charge is 2.37. The Labute approximate surface area is 110 Å². The molecule has 1 aliphatic heterocycles. The van der Waals surface area contributed by atoms with E-state index < -0.39 is 15.3 Å². The highest BCUT2D eigenvalue weighted by atomic mass is 35.5. The van der Waals surface area contributed by atoms with Crippen molar-refractivity contribution >= 4 is 27.4 Å². The van der Waals surface area contributed by atoms with E-state index in [1.807, 2.05) is 6.07 Å². The van der Waals surface area contributed by atoms with Crippen LogP contribution in [-0.4, -0.2) is 31.7 Å². The fraction of sp³-hybridized carbons (Fsp3) is 0.400. The van der Waals surface area contributed by atoms with Crippen molar-refractivity contribution < 1.29 is 8.42 Å². The molecule has 1 aromatic rings. The van der Waals surface area contributed by atoms with Crippen molar-refractivity contribution in [3.63, 3.8) is 0 Å². The zero-order valence-corrected chi connectivity index (χ0v) is 11.2. The summed E-state index contributed by atoms with van der Waals surface area (Å²) in [5.74, 6) is 0.458. The van der Waals surface area contributed by atoms with E-state index in [1.54, 1.807) is 11.8 Å². The van der Waals surface area contributed by atoms with Crippen LogP contribution in [0.2, 0.25) is 5.02 Å². The minimum Gasteiger partial charge on any atom is -0.353 e. The molecule has 2 rings (SSSR count). The van der Waals surface area contributed by atoms with E-state index in [1.165, 1.54) is 6.20 Å². The second-order valence-electron chi connectivity index (χ2n) is 4.16. The van der Waals surface area contributed by atoms with Gasteiger partial charge in [0.05, 0.1) is 10.6 Å². The number of sulfonamides is 1. The number of anilines is 1. The Morgan fingerprint density at radius 2 is 2.22 bits per heavy atom. The third-order valence-corrected chi connectivity index (χ3v) is 4.59. The van der Waals surface area contributed by atoms with Crippen molar-refractivity contribution in [1.29, 1.82) is 5.26 Å². The predicted octanol–water partition coefficient (Wildman–Crippen LogP) is 0.392.